The maximum Gasteiger partial charge on any atom is 0.120 e. The highest BCUT2D eigenvalue weighted by atomic mass is 16.3. The molecule has 2 atom stereocenters. The summed E-state index contributed by atoms with van der Waals surface area (Å²) in [5, 5.41) is 27.8. The second kappa shape index (κ2) is 6.59. The number of hydrogen-bond donors (Lipinski definition) is 4. The van der Waals surface area contributed by atoms with Crippen LogP contribution in [0.1, 0.15) is 34.9 Å². The van der Waals surface area contributed by atoms with Crippen LogP contribution in [0.3, 0.4) is 0 Å². The van der Waals surface area contributed by atoms with Crippen LogP contribution in [0, 0.1) is 0 Å². The van der Waals surface area contributed by atoms with E-state index in [2.05, 4.69) is 22.8 Å². The summed E-state index contributed by atoms with van der Waals surface area (Å²) in [5.74, 6) is 0.492. The predicted octanol–water partition coefficient (Wildman–Crippen LogP) is 3.77. The zero-order chi connectivity index (χ0) is 17.2. The summed E-state index contributed by atoms with van der Waals surface area (Å²) in [6.45, 7) is 0. The lowest BCUT2D eigenvalue weighted by molar-refractivity contribution is 0.432. The maximum atomic E-state index is 10.3. The Morgan fingerprint density at radius 3 is 1.48 bits per heavy atom. The van der Waals surface area contributed by atoms with Gasteiger partial charge in [-0.05, 0) is 17.7 Å². The Morgan fingerprint density at radius 2 is 1.00 bits per heavy atom. The molecule has 0 aliphatic carbocycles. The molecule has 4 heteroatoms. The van der Waals surface area contributed by atoms with Crippen molar-refractivity contribution < 1.29 is 10.2 Å². The van der Waals surface area contributed by atoms with Gasteiger partial charge in [-0.2, -0.15) is 0 Å². The molecule has 0 unspecified atom stereocenters. The average molecular weight is 332 g/mol. The lowest BCUT2D eigenvalue weighted by Crippen LogP contribution is -2.22. The van der Waals surface area contributed by atoms with Gasteiger partial charge in [-0.1, -0.05) is 66.7 Å². The Hall–Kier alpha value is -2.82. The summed E-state index contributed by atoms with van der Waals surface area (Å²) in [7, 11) is 0. The molecule has 126 valence electrons. The monoisotopic (exact) mass is 332 g/mol. The van der Waals surface area contributed by atoms with Gasteiger partial charge in [-0.25, -0.2) is 0 Å². The quantitative estimate of drug-likeness (QED) is 0.589. The van der Waals surface area contributed by atoms with E-state index in [1.165, 1.54) is 0 Å². The molecule has 0 saturated carbocycles. The minimum Gasteiger partial charge on any atom is -0.508 e. The van der Waals surface area contributed by atoms with Gasteiger partial charge in [0.15, 0.2) is 0 Å². The van der Waals surface area contributed by atoms with Gasteiger partial charge < -0.3 is 10.2 Å². The molecule has 1 aliphatic heterocycles. The highest BCUT2D eigenvalue weighted by Gasteiger charge is 2.37. The molecule has 0 radical (unpaired) electrons. The molecule has 4 nitrogen and oxygen atoms in total. The summed E-state index contributed by atoms with van der Waals surface area (Å²) in [4.78, 5) is 0. The molecule has 3 aromatic rings. The summed E-state index contributed by atoms with van der Waals surface area (Å²) in [6, 6.07) is 24.4. The van der Waals surface area contributed by atoms with Gasteiger partial charge in [0, 0.05) is 11.1 Å². The molecule has 0 aromatic heterocycles. The van der Waals surface area contributed by atoms with Crippen LogP contribution in [0.15, 0.2) is 78.9 Å². The van der Waals surface area contributed by atoms with Crippen LogP contribution in [-0.2, 0) is 0 Å². The van der Waals surface area contributed by atoms with Gasteiger partial charge >= 0.3 is 0 Å². The van der Waals surface area contributed by atoms with Crippen molar-refractivity contribution in [3.8, 4) is 11.5 Å². The molecule has 0 bridgehead atoms. The van der Waals surface area contributed by atoms with Crippen LogP contribution in [0.5, 0.6) is 11.5 Å². The number of nitrogens with one attached hydrogen (secondary N) is 2. The fourth-order valence-corrected chi connectivity index (χ4v) is 3.48. The minimum atomic E-state index is -0.167. The van der Waals surface area contributed by atoms with Crippen molar-refractivity contribution in [3.05, 3.63) is 95.6 Å². The number of para-hydroxylation sites is 2. The topological polar surface area (TPSA) is 64.5 Å². The van der Waals surface area contributed by atoms with E-state index in [4.69, 9.17) is 0 Å². The first-order valence-electron chi connectivity index (χ1n) is 8.37. The van der Waals surface area contributed by atoms with Gasteiger partial charge in [-0.3, -0.25) is 10.6 Å². The molecule has 4 N–H and O–H groups in total. The molecule has 1 fully saturated rings. The first kappa shape index (κ1) is 15.7. The van der Waals surface area contributed by atoms with Crippen LogP contribution >= 0.6 is 0 Å². The number of benzene rings is 3. The van der Waals surface area contributed by atoms with Crippen LogP contribution in [0.4, 0.5) is 0 Å². The van der Waals surface area contributed by atoms with Crippen LogP contribution in [0.2, 0.25) is 0 Å². The lowest BCUT2D eigenvalue weighted by atomic mass is 9.94. The second-order valence-electron chi connectivity index (χ2n) is 6.25. The molecule has 1 saturated heterocycles. The third kappa shape index (κ3) is 2.97. The van der Waals surface area contributed by atoms with Gasteiger partial charge in [0.1, 0.15) is 11.5 Å². The summed E-state index contributed by atoms with van der Waals surface area (Å²) >= 11 is 0. The number of phenolic OH excluding ortho intramolecular Hbond substituents is 2. The van der Waals surface area contributed by atoms with Crippen molar-refractivity contribution in [2.24, 2.45) is 0 Å². The normalized spacial score (nSPS) is 20.6. The molecule has 4 rings (SSSR count). The molecular weight excluding hydrogens is 312 g/mol. The third-order valence-electron chi connectivity index (χ3n) is 4.70. The first-order valence-corrected chi connectivity index (χ1v) is 8.37. The Labute approximate surface area is 146 Å². The molecule has 1 heterocycles. The molecular formula is C21H20N2O2. The van der Waals surface area contributed by atoms with E-state index in [9.17, 15) is 10.2 Å². The van der Waals surface area contributed by atoms with Crippen molar-refractivity contribution in [2.45, 2.75) is 18.2 Å². The van der Waals surface area contributed by atoms with Gasteiger partial charge in [0.05, 0.1) is 18.2 Å². The first-order chi connectivity index (χ1) is 12.2. The van der Waals surface area contributed by atoms with Crippen LogP contribution in [0.25, 0.3) is 0 Å². The van der Waals surface area contributed by atoms with E-state index >= 15 is 0 Å². The smallest absolute Gasteiger partial charge is 0.120 e. The van der Waals surface area contributed by atoms with E-state index in [0.717, 1.165) is 16.7 Å². The molecule has 0 amide bonds. The standard InChI is InChI=1S/C21H20N2O2/c24-17-12-6-4-10-15(17)19-20(16-11-5-7-13-18(16)25)23-21(22-19)14-8-2-1-3-9-14/h1-13,19-25H/t19-,20-/m1/s1. The summed E-state index contributed by atoms with van der Waals surface area (Å²) in [5.41, 5.74) is 2.73. The average Bonchev–Trinajstić information content (AvgIpc) is 3.08. The van der Waals surface area contributed by atoms with E-state index in [0.29, 0.717) is 0 Å². The predicted molar refractivity (Wildman–Crippen MR) is 97.2 cm³/mol. The van der Waals surface area contributed by atoms with E-state index in [1.54, 1.807) is 12.1 Å². The Kier molecular flexibility index (Phi) is 4.14. The summed E-state index contributed by atoms with van der Waals surface area (Å²) < 4.78 is 0. The van der Waals surface area contributed by atoms with Gasteiger partial charge in [-0.15, -0.1) is 0 Å². The second-order valence-corrected chi connectivity index (χ2v) is 6.25. The minimum absolute atomic E-state index is 0.0737. The Morgan fingerprint density at radius 1 is 0.560 bits per heavy atom. The molecule has 3 aromatic carbocycles. The van der Waals surface area contributed by atoms with Crippen LogP contribution < -0.4 is 10.6 Å². The van der Waals surface area contributed by atoms with E-state index in [-0.39, 0.29) is 29.7 Å². The lowest BCUT2D eigenvalue weighted by Gasteiger charge is -2.21. The Balaban J connectivity index is 1.76. The highest BCUT2D eigenvalue weighted by molar-refractivity contribution is 5.43. The number of rotatable bonds is 3. The van der Waals surface area contributed by atoms with E-state index < -0.39 is 0 Å². The number of phenols is 2. The molecule has 25 heavy (non-hydrogen) atoms. The van der Waals surface area contributed by atoms with Crippen LogP contribution in [-0.4, -0.2) is 10.2 Å². The fourth-order valence-electron chi connectivity index (χ4n) is 3.48. The fraction of sp³-hybridized carbons (Fsp3) is 0.143. The maximum absolute atomic E-state index is 10.3. The van der Waals surface area contributed by atoms with Crippen molar-refractivity contribution in [1.29, 1.82) is 0 Å². The van der Waals surface area contributed by atoms with Crippen molar-refractivity contribution in [1.82, 2.24) is 10.6 Å². The number of aromatic hydroxyl groups is 2. The van der Waals surface area contributed by atoms with Crippen molar-refractivity contribution in [3.63, 3.8) is 0 Å². The van der Waals surface area contributed by atoms with Gasteiger partial charge in [0.2, 0.25) is 0 Å². The number of hydrogen-bond acceptors (Lipinski definition) is 4. The van der Waals surface area contributed by atoms with Crippen molar-refractivity contribution in [2.75, 3.05) is 0 Å². The SMILES string of the molecule is Oc1ccccc1[C@H]1NC(c2ccccc2)N[C@@H]1c1ccccc1O. The largest absolute Gasteiger partial charge is 0.508 e. The molecule has 0 spiro atoms. The third-order valence-corrected chi connectivity index (χ3v) is 4.70. The highest BCUT2D eigenvalue weighted by Crippen LogP contribution is 2.42. The van der Waals surface area contributed by atoms with Crippen molar-refractivity contribution >= 4 is 0 Å². The van der Waals surface area contributed by atoms with Gasteiger partial charge in [0.25, 0.3) is 0 Å². The Bertz CT molecular complexity index is 813. The zero-order valence-corrected chi connectivity index (χ0v) is 13.6. The summed E-state index contributed by atoms with van der Waals surface area (Å²) in [6.07, 6.45) is -0.0737. The van der Waals surface area contributed by atoms with E-state index in [1.807, 2.05) is 54.6 Å². The molecule has 1 aliphatic rings. The zero-order valence-electron chi connectivity index (χ0n) is 13.6.